The number of hydrogen-bond donors (Lipinski definition) is 2. The van der Waals surface area contributed by atoms with Gasteiger partial charge in [-0.1, -0.05) is 26.8 Å². The van der Waals surface area contributed by atoms with Gasteiger partial charge in [0.1, 0.15) is 0 Å². The van der Waals surface area contributed by atoms with Gasteiger partial charge in [-0.2, -0.15) is 0 Å². The van der Waals surface area contributed by atoms with Gasteiger partial charge in [0.25, 0.3) is 5.56 Å². The minimum atomic E-state index is -0.492. The average Bonchev–Trinajstić information content (AvgIpc) is 2.81. The molecule has 1 aromatic heterocycles. The number of rotatable bonds is 4. The Kier molecular flexibility index (Phi) is 5.29. The van der Waals surface area contributed by atoms with Crippen LogP contribution in [-0.4, -0.2) is 22.5 Å². The summed E-state index contributed by atoms with van der Waals surface area (Å²) >= 11 is 1.22. The van der Waals surface area contributed by atoms with Crippen molar-refractivity contribution in [2.45, 2.75) is 27.7 Å². The van der Waals surface area contributed by atoms with E-state index in [1.807, 2.05) is 27.7 Å². The lowest BCUT2D eigenvalue weighted by Crippen LogP contribution is -2.22. The molecule has 0 aliphatic carbocycles. The first kappa shape index (κ1) is 18.0. The number of H-pyrrole nitrogens is 1. The maximum atomic E-state index is 12.1. The van der Waals surface area contributed by atoms with Gasteiger partial charge in [-0.15, -0.1) is 11.3 Å². The van der Waals surface area contributed by atoms with Crippen molar-refractivity contribution < 1.29 is 14.6 Å². The second kappa shape index (κ2) is 7.05. The molecule has 5 nitrogen and oxygen atoms in total. The van der Waals surface area contributed by atoms with Crippen molar-refractivity contribution in [1.82, 2.24) is 4.98 Å². The van der Waals surface area contributed by atoms with Crippen LogP contribution in [0.2, 0.25) is 0 Å². The van der Waals surface area contributed by atoms with Crippen molar-refractivity contribution in [3.63, 3.8) is 0 Å². The molecule has 0 spiro atoms. The highest BCUT2D eigenvalue weighted by Crippen LogP contribution is 2.26. The summed E-state index contributed by atoms with van der Waals surface area (Å²) in [6.07, 6.45) is 3.16. The molecule has 0 bridgehead atoms. The van der Waals surface area contributed by atoms with Crippen molar-refractivity contribution in [1.29, 1.82) is 0 Å². The Morgan fingerprint density at radius 1 is 1.38 bits per heavy atom. The van der Waals surface area contributed by atoms with Crippen LogP contribution in [0.15, 0.2) is 23.0 Å². The Morgan fingerprint density at radius 2 is 2.08 bits per heavy atom. The summed E-state index contributed by atoms with van der Waals surface area (Å²) in [5.41, 5.74) is -0.00928. The van der Waals surface area contributed by atoms with Gasteiger partial charge in [-0.05, 0) is 30.7 Å². The molecular formula is C18H21NO4S. The Balaban J connectivity index is 2.46. The highest BCUT2D eigenvalue weighted by Gasteiger charge is 2.18. The van der Waals surface area contributed by atoms with Crippen molar-refractivity contribution in [2.24, 2.45) is 5.41 Å². The van der Waals surface area contributed by atoms with Crippen LogP contribution in [0.1, 0.15) is 33.3 Å². The molecule has 0 unspecified atom stereocenters. The number of ketones is 1. The van der Waals surface area contributed by atoms with Gasteiger partial charge in [-0.3, -0.25) is 9.59 Å². The maximum absolute atomic E-state index is 12.1. The van der Waals surface area contributed by atoms with E-state index in [-0.39, 0.29) is 17.1 Å². The average molecular weight is 347 g/mol. The third kappa shape index (κ3) is 4.35. The Labute approximate surface area is 143 Å². The molecule has 2 aromatic rings. The molecule has 0 radical (unpaired) electrons. The molecule has 0 saturated carbocycles. The van der Waals surface area contributed by atoms with E-state index in [4.69, 9.17) is 4.74 Å². The molecule has 1 heterocycles. The number of ether oxygens (including phenoxy) is 1. The third-order valence-corrected chi connectivity index (χ3v) is 4.23. The zero-order valence-corrected chi connectivity index (χ0v) is 15.0. The molecule has 0 saturated heterocycles. The van der Waals surface area contributed by atoms with Crippen molar-refractivity contribution in [3.05, 3.63) is 43.3 Å². The van der Waals surface area contributed by atoms with Crippen molar-refractivity contribution >= 4 is 29.3 Å². The highest BCUT2D eigenvalue weighted by molar-refractivity contribution is 7.07. The fourth-order valence-corrected chi connectivity index (χ4v) is 2.79. The molecule has 2 rings (SSSR count). The SMILES string of the molecule is CCOc1cc(/C=c2\s/c(=C\C(=O)C(C)(C)C)[nH]c2=O)ccc1O. The molecule has 2 N–H and O–H groups in total. The van der Waals surface area contributed by atoms with Gasteiger partial charge in [0.15, 0.2) is 17.3 Å². The number of benzene rings is 1. The van der Waals surface area contributed by atoms with E-state index < -0.39 is 5.41 Å². The summed E-state index contributed by atoms with van der Waals surface area (Å²) in [7, 11) is 0. The molecule has 6 heteroatoms. The zero-order chi connectivity index (χ0) is 17.9. The first-order chi connectivity index (χ1) is 11.2. The first-order valence-electron chi connectivity index (χ1n) is 7.63. The number of nitrogens with one attached hydrogen (secondary N) is 1. The molecule has 1 aromatic carbocycles. The number of aromatic hydroxyl groups is 1. The largest absolute Gasteiger partial charge is 0.504 e. The quantitative estimate of drug-likeness (QED) is 0.883. The van der Waals surface area contributed by atoms with E-state index in [9.17, 15) is 14.7 Å². The van der Waals surface area contributed by atoms with Gasteiger partial charge in [0, 0.05) is 11.5 Å². The Hall–Kier alpha value is -2.34. The Bertz CT molecular complexity index is 916. The molecule has 128 valence electrons. The lowest BCUT2D eigenvalue weighted by molar-refractivity contribution is -0.119. The monoisotopic (exact) mass is 347 g/mol. The van der Waals surface area contributed by atoms with Crippen LogP contribution in [0, 0.1) is 5.41 Å². The zero-order valence-electron chi connectivity index (χ0n) is 14.2. The van der Waals surface area contributed by atoms with Crippen LogP contribution in [0.5, 0.6) is 11.5 Å². The molecule has 0 aliphatic heterocycles. The van der Waals surface area contributed by atoms with Gasteiger partial charge in [0.2, 0.25) is 0 Å². The van der Waals surface area contributed by atoms with Crippen LogP contribution < -0.4 is 19.5 Å². The molecule has 0 aliphatic rings. The number of phenols is 1. The lowest BCUT2D eigenvalue weighted by Gasteiger charge is -2.12. The van der Waals surface area contributed by atoms with Gasteiger partial charge in [0.05, 0.1) is 15.8 Å². The van der Waals surface area contributed by atoms with Crippen LogP contribution in [0.3, 0.4) is 0 Å². The number of hydrogen-bond acceptors (Lipinski definition) is 5. The van der Waals surface area contributed by atoms with Gasteiger partial charge >= 0.3 is 0 Å². The minimum Gasteiger partial charge on any atom is -0.504 e. The first-order valence-corrected chi connectivity index (χ1v) is 8.45. The van der Waals surface area contributed by atoms with E-state index in [0.29, 0.717) is 21.6 Å². The van der Waals surface area contributed by atoms with Gasteiger partial charge < -0.3 is 14.8 Å². The highest BCUT2D eigenvalue weighted by atomic mass is 32.1. The summed E-state index contributed by atoms with van der Waals surface area (Å²) in [6, 6.07) is 4.89. The molecule has 0 atom stereocenters. The van der Waals surface area contributed by atoms with Crippen molar-refractivity contribution in [3.8, 4) is 11.5 Å². The molecule has 0 amide bonds. The lowest BCUT2D eigenvalue weighted by atomic mass is 9.91. The Morgan fingerprint density at radius 3 is 2.71 bits per heavy atom. The smallest absolute Gasteiger partial charge is 0.266 e. The predicted molar refractivity (Wildman–Crippen MR) is 96.0 cm³/mol. The normalized spacial score (nSPS) is 13.3. The number of aromatic amines is 1. The topological polar surface area (TPSA) is 79.4 Å². The molecular weight excluding hydrogens is 326 g/mol. The second-order valence-electron chi connectivity index (χ2n) is 6.35. The fraction of sp³-hybridized carbons (Fsp3) is 0.333. The fourth-order valence-electron chi connectivity index (χ4n) is 1.90. The number of Topliss-reactive ketones (excluding diaryl/α,β-unsaturated/α-hetero) is 1. The predicted octanol–water partition coefficient (Wildman–Crippen LogP) is 1.77. The van der Waals surface area contributed by atoms with E-state index in [1.54, 1.807) is 18.2 Å². The number of aromatic nitrogens is 1. The van der Waals surface area contributed by atoms with Crippen LogP contribution >= 0.6 is 11.3 Å². The van der Waals surface area contributed by atoms with E-state index in [2.05, 4.69) is 4.98 Å². The number of carbonyl (C=O) groups is 1. The molecule has 0 fully saturated rings. The number of carbonyl (C=O) groups excluding carboxylic acids is 1. The third-order valence-electron chi connectivity index (χ3n) is 3.26. The molecule has 24 heavy (non-hydrogen) atoms. The van der Waals surface area contributed by atoms with E-state index in [0.717, 1.165) is 5.56 Å². The van der Waals surface area contributed by atoms with Crippen molar-refractivity contribution in [2.75, 3.05) is 6.61 Å². The summed E-state index contributed by atoms with van der Waals surface area (Å²) in [5.74, 6) is 0.377. The van der Waals surface area contributed by atoms with Gasteiger partial charge in [-0.25, -0.2) is 0 Å². The summed E-state index contributed by atoms with van der Waals surface area (Å²) < 4.78 is 6.34. The van der Waals surface area contributed by atoms with E-state index in [1.165, 1.54) is 23.5 Å². The second-order valence-corrected chi connectivity index (χ2v) is 7.43. The summed E-state index contributed by atoms with van der Waals surface area (Å²) in [5, 5.41) is 9.72. The number of thiazole rings is 1. The maximum Gasteiger partial charge on any atom is 0.266 e. The summed E-state index contributed by atoms with van der Waals surface area (Å²) in [6.45, 7) is 7.75. The van der Waals surface area contributed by atoms with Crippen LogP contribution in [0.4, 0.5) is 0 Å². The summed E-state index contributed by atoms with van der Waals surface area (Å²) in [4.78, 5) is 26.8. The van der Waals surface area contributed by atoms with Crippen LogP contribution in [-0.2, 0) is 4.79 Å². The minimum absolute atomic E-state index is 0.0465. The van der Waals surface area contributed by atoms with E-state index >= 15 is 0 Å². The standard InChI is InChI=1S/C18H21NO4S/c1-5-23-13-8-11(6-7-12(13)20)9-14-17(22)19-16(24-14)10-15(21)18(2,3)4/h6-10,20H,5H2,1-4H3,(H,19,22)/b14-9-,16-10-. The number of phenolic OH excluding ortho intramolecular Hbond substituents is 1. The van der Waals surface area contributed by atoms with Crippen LogP contribution in [0.25, 0.3) is 12.2 Å².